The van der Waals surface area contributed by atoms with E-state index in [4.69, 9.17) is 9.47 Å². The molecule has 0 aliphatic carbocycles. The van der Waals surface area contributed by atoms with Crippen molar-refractivity contribution < 1.29 is 14.6 Å². The van der Waals surface area contributed by atoms with Gasteiger partial charge in [-0.05, 0) is 23.6 Å². The van der Waals surface area contributed by atoms with Crippen LogP contribution in [-0.2, 0) is 15.1 Å². The first-order valence-corrected chi connectivity index (χ1v) is 11.9. The van der Waals surface area contributed by atoms with E-state index in [0.29, 0.717) is 5.56 Å². The molecule has 0 bridgehead atoms. The quantitative estimate of drug-likeness (QED) is 0.392. The van der Waals surface area contributed by atoms with Crippen molar-refractivity contribution in [1.82, 2.24) is 9.55 Å². The minimum absolute atomic E-state index is 0.0768. The Balaban J connectivity index is 1.50. The number of aromatic amines is 1. The molecule has 1 aromatic heterocycles. The van der Waals surface area contributed by atoms with E-state index < -0.39 is 35.3 Å². The minimum atomic E-state index is -0.948. The number of nitrogens with one attached hydrogen (secondary N) is 1. The lowest BCUT2D eigenvalue weighted by atomic mass is 9.80. The van der Waals surface area contributed by atoms with Crippen LogP contribution in [0.1, 0.15) is 34.9 Å². The molecule has 7 nitrogen and oxygen atoms in total. The number of hydrogen-bond donors (Lipinski definition) is 2. The maximum absolute atomic E-state index is 12.4. The molecule has 2 N–H and O–H groups in total. The third-order valence-electron chi connectivity index (χ3n) is 6.67. The molecule has 3 aromatic carbocycles. The van der Waals surface area contributed by atoms with Crippen LogP contribution < -0.4 is 11.2 Å². The van der Waals surface area contributed by atoms with Crippen LogP contribution in [0.5, 0.6) is 0 Å². The van der Waals surface area contributed by atoms with Gasteiger partial charge in [0.1, 0.15) is 17.9 Å². The summed E-state index contributed by atoms with van der Waals surface area (Å²) >= 11 is 0. The highest BCUT2D eigenvalue weighted by atomic mass is 16.6. The number of nitrogens with zero attached hydrogens (tertiary/aromatic N) is 1. The van der Waals surface area contributed by atoms with E-state index in [1.165, 1.54) is 10.8 Å². The van der Waals surface area contributed by atoms with Gasteiger partial charge in [-0.25, -0.2) is 4.79 Å². The van der Waals surface area contributed by atoms with Gasteiger partial charge in [0, 0.05) is 18.2 Å². The van der Waals surface area contributed by atoms with Crippen molar-refractivity contribution in [3.05, 3.63) is 140 Å². The summed E-state index contributed by atoms with van der Waals surface area (Å²) in [6.45, 7) is 1.70. The molecule has 3 atom stereocenters. The van der Waals surface area contributed by atoms with Gasteiger partial charge in [0.2, 0.25) is 0 Å². The van der Waals surface area contributed by atoms with Gasteiger partial charge in [-0.15, -0.1) is 0 Å². The van der Waals surface area contributed by atoms with Crippen LogP contribution in [-0.4, -0.2) is 33.5 Å². The summed E-state index contributed by atoms with van der Waals surface area (Å²) in [5.74, 6) is 0. The van der Waals surface area contributed by atoms with Gasteiger partial charge in [0.05, 0.1) is 12.7 Å². The van der Waals surface area contributed by atoms with E-state index in [9.17, 15) is 14.7 Å². The number of aromatic nitrogens is 2. The zero-order valence-corrected chi connectivity index (χ0v) is 19.9. The highest BCUT2D eigenvalue weighted by Gasteiger charge is 2.41. The summed E-state index contributed by atoms with van der Waals surface area (Å²) < 4.78 is 14.2. The van der Waals surface area contributed by atoms with Gasteiger partial charge in [0.15, 0.2) is 0 Å². The van der Waals surface area contributed by atoms with E-state index in [1.54, 1.807) is 6.92 Å². The van der Waals surface area contributed by atoms with Gasteiger partial charge < -0.3 is 14.6 Å². The number of ether oxygens (including phenoxy) is 2. The topological polar surface area (TPSA) is 93.6 Å². The summed E-state index contributed by atoms with van der Waals surface area (Å²) in [4.78, 5) is 26.4. The first-order chi connectivity index (χ1) is 17.5. The SMILES string of the molecule is Cc1cn([C@@H]2C[C@@H](O)[C@@H](COC(c3ccccc3)(c3ccccc3)c3ccccc3)O2)c(=O)[nH]c1=O. The smallest absolute Gasteiger partial charge is 0.330 e. The van der Waals surface area contributed by atoms with Crippen LogP contribution in [0.2, 0.25) is 0 Å². The molecule has 184 valence electrons. The van der Waals surface area contributed by atoms with Crippen molar-refractivity contribution in [1.29, 1.82) is 0 Å². The van der Waals surface area contributed by atoms with E-state index in [0.717, 1.165) is 16.7 Å². The van der Waals surface area contributed by atoms with Crippen LogP contribution in [0, 0.1) is 6.92 Å². The molecule has 1 aliphatic rings. The zero-order chi connectivity index (χ0) is 25.1. The lowest BCUT2D eigenvalue weighted by Crippen LogP contribution is -2.38. The van der Waals surface area contributed by atoms with E-state index >= 15 is 0 Å². The molecule has 1 fully saturated rings. The summed E-state index contributed by atoms with van der Waals surface area (Å²) in [5, 5.41) is 10.9. The molecule has 4 aromatic rings. The first kappa shape index (κ1) is 23.9. The second kappa shape index (κ2) is 10.1. The molecule has 7 heteroatoms. The Morgan fingerprint density at radius 1 is 0.917 bits per heavy atom. The standard InChI is InChI=1S/C29H28N2O5/c1-20-18-31(28(34)30-27(20)33)26-17-24(32)25(36-26)19-35-29(21-11-5-2-6-12-21,22-13-7-3-8-14-22)23-15-9-4-10-16-23/h2-16,18,24-26,32H,17,19H2,1H3,(H,30,33,34)/t24-,25-,26+/m1/s1. The third kappa shape index (κ3) is 4.44. The monoisotopic (exact) mass is 484 g/mol. The Kier molecular flexibility index (Phi) is 6.69. The van der Waals surface area contributed by atoms with E-state index in [1.807, 2.05) is 91.0 Å². The Morgan fingerprint density at radius 2 is 1.42 bits per heavy atom. The largest absolute Gasteiger partial charge is 0.390 e. The summed E-state index contributed by atoms with van der Waals surface area (Å²) in [6, 6.07) is 29.9. The molecule has 36 heavy (non-hydrogen) atoms. The number of hydrogen-bond acceptors (Lipinski definition) is 5. The molecule has 0 spiro atoms. The molecule has 0 saturated carbocycles. The van der Waals surface area contributed by atoms with E-state index in [-0.39, 0.29) is 13.0 Å². The molecular weight excluding hydrogens is 456 g/mol. The van der Waals surface area contributed by atoms with Crippen molar-refractivity contribution in [3.63, 3.8) is 0 Å². The molecule has 0 radical (unpaired) electrons. The second-order valence-corrected chi connectivity index (χ2v) is 9.00. The van der Waals surface area contributed by atoms with Crippen molar-refractivity contribution in [2.75, 3.05) is 6.61 Å². The Morgan fingerprint density at radius 3 is 1.92 bits per heavy atom. The van der Waals surface area contributed by atoms with Crippen LogP contribution in [0.3, 0.4) is 0 Å². The molecule has 0 unspecified atom stereocenters. The molecular formula is C29H28N2O5. The fourth-order valence-corrected chi connectivity index (χ4v) is 4.81. The number of benzene rings is 3. The molecule has 1 aliphatic heterocycles. The molecule has 5 rings (SSSR count). The number of aliphatic hydroxyl groups is 1. The van der Waals surface area contributed by atoms with Crippen molar-refractivity contribution in [3.8, 4) is 0 Å². The predicted octanol–water partition coefficient (Wildman–Crippen LogP) is 3.50. The Labute approximate surface area is 208 Å². The Bertz CT molecular complexity index is 1320. The number of rotatable bonds is 7. The van der Waals surface area contributed by atoms with Crippen molar-refractivity contribution in [2.24, 2.45) is 0 Å². The predicted molar refractivity (Wildman–Crippen MR) is 136 cm³/mol. The molecule has 0 amide bonds. The first-order valence-electron chi connectivity index (χ1n) is 11.9. The average molecular weight is 485 g/mol. The van der Waals surface area contributed by atoms with Gasteiger partial charge in [-0.1, -0.05) is 91.0 Å². The second-order valence-electron chi connectivity index (χ2n) is 9.00. The fraction of sp³-hybridized carbons (Fsp3) is 0.241. The summed E-state index contributed by atoms with van der Waals surface area (Å²) in [7, 11) is 0. The molecule has 2 heterocycles. The van der Waals surface area contributed by atoms with Gasteiger partial charge in [-0.2, -0.15) is 0 Å². The highest BCUT2D eigenvalue weighted by molar-refractivity contribution is 5.47. The number of aryl methyl sites for hydroxylation is 1. The average Bonchev–Trinajstić information content (AvgIpc) is 3.28. The van der Waals surface area contributed by atoms with Gasteiger partial charge in [0.25, 0.3) is 5.56 Å². The van der Waals surface area contributed by atoms with Gasteiger partial charge in [-0.3, -0.25) is 14.3 Å². The number of aliphatic hydroxyl groups excluding tert-OH is 1. The van der Waals surface area contributed by atoms with Crippen LogP contribution in [0.15, 0.2) is 107 Å². The summed E-state index contributed by atoms with van der Waals surface area (Å²) in [5.41, 5.74) is 1.26. The lowest BCUT2D eigenvalue weighted by Gasteiger charge is -2.37. The molecule has 1 saturated heterocycles. The van der Waals surface area contributed by atoms with Gasteiger partial charge >= 0.3 is 5.69 Å². The van der Waals surface area contributed by atoms with Crippen LogP contribution in [0.25, 0.3) is 0 Å². The normalized spacial score (nSPS) is 19.9. The van der Waals surface area contributed by atoms with Crippen LogP contribution >= 0.6 is 0 Å². The van der Waals surface area contributed by atoms with Crippen LogP contribution in [0.4, 0.5) is 0 Å². The number of H-pyrrole nitrogens is 1. The zero-order valence-electron chi connectivity index (χ0n) is 19.9. The highest BCUT2D eigenvalue weighted by Crippen LogP contribution is 2.41. The van der Waals surface area contributed by atoms with Crippen molar-refractivity contribution in [2.45, 2.75) is 37.4 Å². The fourth-order valence-electron chi connectivity index (χ4n) is 4.81. The van der Waals surface area contributed by atoms with Crippen molar-refractivity contribution >= 4 is 0 Å². The maximum atomic E-state index is 12.4. The summed E-state index contributed by atoms with van der Waals surface area (Å²) in [6.07, 6.45) is -0.576. The lowest BCUT2D eigenvalue weighted by molar-refractivity contribution is -0.0944. The van der Waals surface area contributed by atoms with E-state index in [2.05, 4.69) is 4.98 Å². The maximum Gasteiger partial charge on any atom is 0.330 e. The minimum Gasteiger partial charge on any atom is -0.390 e. The third-order valence-corrected chi connectivity index (χ3v) is 6.67. The Hall–Kier alpha value is -3.78.